The van der Waals surface area contributed by atoms with Crippen LogP contribution in [0, 0.1) is 5.82 Å². The molecule has 2 aliphatic heterocycles. The predicted molar refractivity (Wildman–Crippen MR) is 83.1 cm³/mol. The minimum absolute atomic E-state index is 0.0133. The summed E-state index contributed by atoms with van der Waals surface area (Å²) in [5.74, 6) is -0.450. The number of ether oxygens (including phenoxy) is 1. The third kappa shape index (κ3) is 2.52. The molecule has 2 fully saturated rings. The molecule has 24 heavy (non-hydrogen) atoms. The van der Waals surface area contributed by atoms with Gasteiger partial charge in [-0.1, -0.05) is 12.1 Å². The molecule has 4 rings (SSSR count). The summed E-state index contributed by atoms with van der Waals surface area (Å²) in [5.41, 5.74) is 0.536. The fourth-order valence-electron chi connectivity index (χ4n) is 3.71. The lowest BCUT2D eigenvalue weighted by Crippen LogP contribution is -2.41. The van der Waals surface area contributed by atoms with E-state index in [4.69, 9.17) is 9.15 Å². The fraction of sp³-hybridized carbons (Fsp3) is 0.389. The lowest BCUT2D eigenvalue weighted by atomic mass is 9.87. The summed E-state index contributed by atoms with van der Waals surface area (Å²) < 4.78 is 24.3. The Morgan fingerprint density at radius 3 is 3.00 bits per heavy atom. The molecule has 1 aromatic carbocycles. The Morgan fingerprint density at radius 1 is 1.38 bits per heavy atom. The van der Waals surface area contributed by atoms with E-state index in [2.05, 4.69) is 0 Å². The van der Waals surface area contributed by atoms with Crippen molar-refractivity contribution >= 4 is 5.91 Å². The highest BCUT2D eigenvalue weighted by atomic mass is 19.1. The van der Waals surface area contributed by atoms with Gasteiger partial charge in [0.2, 0.25) is 0 Å². The van der Waals surface area contributed by atoms with Gasteiger partial charge < -0.3 is 19.2 Å². The van der Waals surface area contributed by atoms with E-state index in [0.717, 1.165) is 5.56 Å². The molecule has 2 saturated heterocycles. The molecule has 0 saturated carbocycles. The lowest BCUT2D eigenvalue weighted by Gasteiger charge is -2.25. The SMILES string of the molecule is O=C(c1ccoc1)N1C[C@@H](O)[C@@]2(C[C@H](c3cccc(F)c3)CO2)C1. The van der Waals surface area contributed by atoms with Crippen LogP contribution in [0.3, 0.4) is 0 Å². The molecule has 3 heterocycles. The van der Waals surface area contributed by atoms with Crippen molar-refractivity contribution in [3.8, 4) is 0 Å². The Bertz CT molecular complexity index is 747. The van der Waals surface area contributed by atoms with Crippen LogP contribution in [0.2, 0.25) is 0 Å². The minimum Gasteiger partial charge on any atom is -0.472 e. The maximum atomic E-state index is 13.4. The number of aliphatic hydroxyl groups is 1. The van der Waals surface area contributed by atoms with Crippen LogP contribution >= 0.6 is 0 Å². The maximum absolute atomic E-state index is 13.4. The van der Waals surface area contributed by atoms with Gasteiger partial charge in [0.1, 0.15) is 23.8 Å². The highest BCUT2D eigenvalue weighted by molar-refractivity contribution is 5.94. The van der Waals surface area contributed by atoms with Gasteiger partial charge in [0.15, 0.2) is 0 Å². The summed E-state index contributed by atoms with van der Waals surface area (Å²) in [4.78, 5) is 14.0. The molecule has 1 N–H and O–H groups in total. The van der Waals surface area contributed by atoms with Crippen LogP contribution in [0.4, 0.5) is 4.39 Å². The normalized spacial score (nSPS) is 29.5. The molecule has 1 spiro atoms. The summed E-state index contributed by atoms with van der Waals surface area (Å²) in [6.07, 6.45) is 2.64. The number of carbonyl (C=O) groups excluding carboxylic acids is 1. The van der Waals surface area contributed by atoms with E-state index >= 15 is 0 Å². The minimum atomic E-state index is -0.781. The summed E-state index contributed by atoms with van der Waals surface area (Å²) in [5, 5.41) is 10.5. The highest BCUT2D eigenvalue weighted by Gasteiger charge is 2.53. The number of hydrogen-bond donors (Lipinski definition) is 1. The zero-order chi connectivity index (χ0) is 16.7. The second-order valence-electron chi connectivity index (χ2n) is 6.55. The third-order valence-corrected chi connectivity index (χ3v) is 5.00. The molecular weight excluding hydrogens is 313 g/mol. The monoisotopic (exact) mass is 331 g/mol. The van der Waals surface area contributed by atoms with Gasteiger partial charge >= 0.3 is 0 Å². The maximum Gasteiger partial charge on any atom is 0.257 e. The molecule has 0 radical (unpaired) electrons. The van der Waals surface area contributed by atoms with Gasteiger partial charge in [-0.15, -0.1) is 0 Å². The third-order valence-electron chi connectivity index (χ3n) is 5.00. The number of furan rings is 1. The van der Waals surface area contributed by atoms with Gasteiger partial charge in [-0.25, -0.2) is 4.39 Å². The summed E-state index contributed by atoms with van der Waals surface area (Å²) in [7, 11) is 0. The number of nitrogens with zero attached hydrogens (tertiary/aromatic N) is 1. The standard InChI is InChI=1S/C18H18FNO4/c19-15-3-1-2-12(6-15)14-7-18(24-10-14)11-20(8-16(18)21)17(22)13-4-5-23-9-13/h1-6,9,14,16,21H,7-8,10-11H2/t14-,16+,18+/m0/s1. The predicted octanol–water partition coefficient (Wildman–Crippen LogP) is 2.18. The average Bonchev–Trinajstić information content (AvgIpc) is 3.30. The number of aliphatic hydroxyl groups excluding tert-OH is 1. The number of likely N-dealkylation sites (tertiary alicyclic amines) is 1. The summed E-state index contributed by atoms with van der Waals surface area (Å²) >= 11 is 0. The topological polar surface area (TPSA) is 62.9 Å². The van der Waals surface area contributed by atoms with Gasteiger partial charge in [-0.2, -0.15) is 0 Å². The zero-order valence-electron chi connectivity index (χ0n) is 13.0. The molecule has 5 nitrogen and oxygen atoms in total. The molecule has 3 atom stereocenters. The van der Waals surface area contributed by atoms with Gasteiger partial charge in [-0.3, -0.25) is 4.79 Å². The van der Waals surface area contributed by atoms with Crippen molar-refractivity contribution in [3.05, 3.63) is 59.8 Å². The van der Waals surface area contributed by atoms with Crippen LogP contribution in [0.25, 0.3) is 0 Å². The van der Waals surface area contributed by atoms with E-state index < -0.39 is 11.7 Å². The van der Waals surface area contributed by atoms with Gasteiger partial charge in [0.05, 0.1) is 25.0 Å². The second kappa shape index (κ2) is 5.72. The van der Waals surface area contributed by atoms with Crippen molar-refractivity contribution in [3.63, 3.8) is 0 Å². The Balaban J connectivity index is 1.51. The lowest BCUT2D eigenvalue weighted by molar-refractivity contribution is -0.0591. The first-order valence-corrected chi connectivity index (χ1v) is 7.96. The van der Waals surface area contributed by atoms with Crippen molar-refractivity contribution in [2.24, 2.45) is 0 Å². The smallest absolute Gasteiger partial charge is 0.257 e. The molecule has 6 heteroatoms. The first kappa shape index (κ1) is 15.4. The van der Waals surface area contributed by atoms with Crippen LogP contribution in [-0.2, 0) is 4.74 Å². The fourth-order valence-corrected chi connectivity index (χ4v) is 3.71. The van der Waals surface area contributed by atoms with Crippen LogP contribution in [-0.4, -0.2) is 47.3 Å². The highest BCUT2D eigenvalue weighted by Crippen LogP contribution is 2.42. The largest absolute Gasteiger partial charge is 0.472 e. The number of hydrogen-bond acceptors (Lipinski definition) is 4. The van der Waals surface area contributed by atoms with Crippen LogP contribution in [0.15, 0.2) is 47.3 Å². The van der Waals surface area contributed by atoms with E-state index in [9.17, 15) is 14.3 Å². The average molecular weight is 331 g/mol. The number of amides is 1. The number of rotatable bonds is 2. The molecule has 1 aromatic heterocycles. The van der Waals surface area contributed by atoms with Gasteiger partial charge in [-0.05, 0) is 30.2 Å². The zero-order valence-corrected chi connectivity index (χ0v) is 13.0. The summed E-state index contributed by atoms with van der Waals surface area (Å²) in [6.45, 7) is 0.956. The number of halogens is 1. The Hall–Kier alpha value is -2.18. The van der Waals surface area contributed by atoms with E-state index in [1.165, 1.54) is 24.7 Å². The molecule has 126 valence electrons. The Labute approximate surface area is 138 Å². The van der Waals surface area contributed by atoms with E-state index in [-0.39, 0.29) is 24.2 Å². The first-order chi connectivity index (χ1) is 11.6. The van der Waals surface area contributed by atoms with E-state index in [0.29, 0.717) is 25.1 Å². The van der Waals surface area contributed by atoms with Crippen LogP contribution < -0.4 is 0 Å². The van der Waals surface area contributed by atoms with Gasteiger partial charge in [0.25, 0.3) is 5.91 Å². The molecule has 2 aliphatic rings. The summed E-state index contributed by atoms with van der Waals surface area (Å²) in [6, 6.07) is 8.06. The molecular formula is C18H18FNO4. The molecule has 1 amide bonds. The molecule has 0 bridgehead atoms. The van der Waals surface area contributed by atoms with Crippen LogP contribution in [0.5, 0.6) is 0 Å². The van der Waals surface area contributed by atoms with Crippen molar-refractivity contribution < 1.29 is 23.4 Å². The molecule has 2 aromatic rings. The molecule has 0 unspecified atom stereocenters. The Kier molecular flexibility index (Phi) is 3.66. The van der Waals surface area contributed by atoms with Crippen molar-refractivity contribution in [2.45, 2.75) is 24.0 Å². The second-order valence-corrected chi connectivity index (χ2v) is 6.55. The number of β-amino-alcohol motifs (C(OH)–C–C–N with tert-alkyl or cyclic N) is 1. The molecule has 0 aliphatic carbocycles. The number of benzene rings is 1. The van der Waals surface area contributed by atoms with E-state index in [1.54, 1.807) is 17.0 Å². The quantitative estimate of drug-likeness (QED) is 0.916. The first-order valence-electron chi connectivity index (χ1n) is 7.96. The van der Waals surface area contributed by atoms with Gasteiger partial charge in [0, 0.05) is 12.5 Å². The van der Waals surface area contributed by atoms with E-state index in [1.807, 2.05) is 6.07 Å². The van der Waals surface area contributed by atoms with Crippen LogP contribution in [0.1, 0.15) is 28.3 Å². The van der Waals surface area contributed by atoms with Crippen molar-refractivity contribution in [1.82, 2.24) is 4.90 Å². The van der Waals surface area contributed by atoms with Crippen molar-refractivity contribution in [1.29, 1.82) is 0 Å². The Morgan fingerprint density at radius 2 is 2.25 bits per heavy atom. The van der Waals surface area contributed by atoms with Crippen molar-refractivity contribution in [2.75, 3.05) is 19.7 Å². The number of carbonyl (C=O) groups is 1.